The Balaban J connectivity index is 2.11. The second-order valence-corrected chi connectivity index (χ2v) is 6.54. The maximum atomic E-state index is 13.3. The molecule has 0 spiro atoms. The molecule has 0 atom stereocenters. The SMILES string of the molecule is O=Cc1cn(-c2cccc(F)c2)nc1-c1ccc(Br)s1. The molecule has 100 valence electrons. The molecule has 0 fully saturated rings. The van der Waals surface area contributed by atoms with Crippen LogP contribution < -0.4 is 0 Å². The van der Waals surface area contributed by atoms with Crippen LogP contribution in [0.2, 0.25) is 0 Å². The Morgan fingerprint density at radius 3 is 2.80 bits per heavy atom. The molecule has 0 bridgehead atoms. The van der Waals surface area contributed by atoms with Crippen LogP contribution in [0.3, 0.4) is 0 Å². The first-order valence-electron chi connectivity index (χ1n) is 5.74. The molecule has 20 heavy (non-hydrogen) atoms. The molecular weight excluding hydrogens is 343 g/mol. The van der Waals surface area contributed by atoms with Crippen LogP contribution in [-0.4, -0.2) is 16.1 Å². The molecule has 0 amide bonds. The van der Waals surface area contributed by atoms with Gasteiger partial charge in [-0.25, -0.2) is 9.07 Å². The van der Waals surface area contributed by atoms with Crippen molar-refractivity contribution in [3.63, 3.8) is 0 Å². The number of hydrogen-bond acceptors (Lipinski definition) is 3. The highest BCUT2D eigenvalue weighted by molar-refractivity contribution is 9.11. The summed E-state index contributed by atoms with van der Waals surface area (Å²) in [6, 6.07) is 9.86. The molecule has 0 aliphatic carbocycles. The van der Waals surface area contributed by atoms with Crippen LogP contribution in [0.4, 0.5) is 4.39 Å². The Kier molecular flexibility index (Phi) is 3.50. The number of carbonyl (C=O) groups excluding carboxylic acids is 1. The van der Waals surface area contributed by atoms with Crippen molar-refractivity contribution in [2.75, 3.05) is 0 Å². The van der Waals surface area contributed by atoms with E-state index in [1.54, 1.807) is 18.3 Å². The minimum Gasteiger partial charge on any atom is -0.298 e. The lowest BCUT2D eigenvalue weighted by Gasteiger charge is -2.00. The second-order valence-electron chi connectivity index (χ2n) is 4.08. The fourth-order valence-electron chi connectivity index (χ4n) is 1.86. The molecule has 0 saturated carbocycles. The summed E-state index contributed by atoms with van der Waals surface area (Å²) in [5.41, 5.74) is 1.65. The van der Waals surface area contributed by atoms with Gasteiger partial charge in [-0.2, -0.15) is 5.10 Å². The lowest BCUT2D eigenvalue weighted by Crippen LogP contribution is -1.95. The highest BCUT2D eigenvalue weighted by Crippen LogP contribution is 2.32. The summed E-state index contributed by atoms with van der Waals surface area (Å²) < 4.78 is 15.7. The summed E-state index contributed by atoms with van der Waals surface area (Å²) in [7, 11) is 0. The number of benzene rings is 1. The van der Waals surface area contributed by atoms with E-state index < -0.39 is 0 Å². The third kappa shape index (κ3) is 2.44. The molecule has 2 heterocycles. The smallest absolute Gasteiger partial charge is 0.153 e. The summed E-state index contributed by atoms with van der Waals surface area (Å²) in [5, 5.41) is 4.38. The number of thiophene rings is 1. The average molecular weight is 351 g/mol. The molecule has 6 heteroatoms. The van der Waals surface area contributed by atoms with Gasteiger partial charge in [0.25, 0.3) is 0 Å². The van der Waals surface area contributed by atoms with E-state index in [0.717, 1.165) is 14.9 Å². The maximum absolute atomic E-state index is 13.3. The fourth-order valence-corrected chi connectivity index (χ4v) is 3.25. The zero-order valence-corrected chi connectivity index (χ0v) is 12.5. The van der Waals surface area contributed by atoms with Crippen LogP contribution in [0, 0.1) is 5.82 Å². The molecule has 0 aliphatic heterocycles. The Bertz CT molecular complexity index is 781. The zero-order chi connectivity index (χ0) is 14.1. The van der Waals surface area contributed by atoms with Crippen LogP contribution >= 0.6 is 27.3 Å². The van der Waals surface area contributed by atoms with Crippen molar-refractivity contribution in [3.8, 4) is 16.3 Å². The number of aldehydes is 1. The molecular formula is C14H8BrFN2OS. The summed E-state index contributed by atoms with van der Waals surface area (Å²) in [6.45, 7) is 0. The van der Waals surface area contributed by atoms with Crippen LogP contribution in [0.15, 0.2) is 46.4 Å². The van der Waals surface area contributed by atoms with Gasteiger partial charge in [-0.05, 0) is 46.3 Å². The van der Waals surface area contributed by atoms with Crippen molar-refractivity contribution >= 4 is 33.6 Å². The zero-order valence-electron chi connectivity index (χ0n) is 10.1. The van der Waals surface area contributed by atoms with Crippen molar-refractivity contribution in [3.05, 3.63) is 57.8 Å². The monoisotopic (exact) mass is 350 g/mol. The molecule has 0 radical (unpaired) electrons. The Morgan fingerprint density at radius 1 is 1.30 bits per heavy atom. The van der Waals surface area contributed by atoms with Gasteiger partial charge in [0, 0.05) is 6.20 Å². The number of halogens is 2. The normalized spacial score (nSPS) is 10.7. The number of nitrogens with zero attached hydrogens (tertiary/aromatic N) is 2. The van der Waals surface area contributed by atoms with E-state index in [1.807, 2.05) is 12.1 Å². The van der Waals surface area contributed by atoms with Gasteiger partial charge in [-0.15, -0.1) is 11.3 Å². The molecule has 0 unspecified atom stereocenters. The Hall–Kier alpha value is -1.79. The van der Waals surface area contributed by atoms with Gasteiger partial charge >= 0.3 is 0 Å². The first-order chi connectivity index (χ1) is 9.67. The van der Waals surface area contributed by atoms with Crippen LogP contribution in [0.1, 0.15) is 10.4 Å². The summed E-state index contributed by atoms with van der Waals surface area (Å²) >= 11 is 4.87. The number of aromatic nitrogens is 2. The fraction of sp³-hybridized carbons (Fsp3) is 0. The maximum Gasteiger partial charge on any atom is 0.153 e. The number of rotatable bonds is 3. The van der Waals surface area contributed by atoms with Gasteiger partial charge in [0.05, 0.1) is 19.9 Å². The van der Waals surface area contributed by atoms with E-state index >= 15 is 0 Å². The van der Waals surface area contributed by atoms with Gasteiger partial charge in [0.2, 0.25) is 0 Å². The quantitative estimate of drug-likeness (QED) is 0.659. The van der Waals surface area contributed by atoms with Gasteiger partial charge in [0.1, 0.15) is 11.5 Å². The third-order valence-electron chi connectivity index (χ3n) is 2.75. The molecule has 0 aliphatic rings. The Morgan fingerprint density at radius 2 is 2.15 bits per heavy atom. The largest absolute Gasteiger partial charge is 0.298 e. The van der Waals surface area contributed by atoms with E-state index in [4.69, 9.17) is 0 Å². The average Bonchev–Trinajstić information content (AvgIpc) is 3.04. The van der Waals surface area contributed by atoms with E-state index in [0.29, 0.717) is 16.9 Å². The molecule has 0 N–H and O–H groups in total. The molecule has 3 aromatic rings. The lowest BCUT2D eigenvalue weighted by molar-refractivity contribution is 0.112. The van der Waals surface area contributed by atoms with E-state index in [9.17, 15) is 9.18 Å². The van der Waals surface area contributed by atoms with Crippen molar-refractivity contribution in [2.24, 2.45) is 0 Å². The van der Waals surface area contributed by atoms with Gasteiger partial charge < -0.3 is 0 Å². The minimum absolute atomic E-state index is 0.342. The molecule has 3 rings (SSSR count). The van der Waals surface area contributed by atoms with Gasteiger partial charge in [0.15, 0.2) is 6.29 Å². The van der Waals surface area contributed by atoms with E-state index in [2.05, 4.69) is 21.0 Å². The number of hydrogen-bond donors (Lipinski definition) is 0. The molecule has 3 nitrogen and oxygen atoms in total. The summed E-state index contributed by atoms with van der Waals surface area (Å²) in [5.74, 6) is -0.342. The predicted octanol–water partition coefficient (Wildman–Crippen LogP) is 4.31. The van der Waals surface area contributed by atoms with Crippen molar-refractivity contribution < 1.29 is 9.18 Å². The van der Waals surface area contributed by atoms with Crippen molar-refractivity contribution in [1.82, 2.24) is 9.78 Å². The van der Waals surface area contributed by atoms with Crippen molar-refractivity contribution in [1.29, 1.82) is 0 Å². The lowest BCUT2D eigenvalue weighted by atomic mass is 10.2. The second kappa shape index (κ2) is 5.30. The molecule has 0 saturated heterocycles. The predicted molar refractivity (Wildman–Crippen MR) is 79.9 cm³/mol. The summed E-state index contributed by atoms with van der Waals surface area (Å²) in [4.78, 5) is 12.1. The highest BCUT2D eigenvalue weighted by atomic mass is 79.9. The molecule has 1 aromatic carbocycles. The third-order valence-corrected chi connectivity index (χ3v) is 4.38. The first kappa shape index (κ1) is 13.2. The topological polar surface area (TPSA) is 34.9 Å². The van der Waals surface area contributed by atoms with Crippen LogP contribution in [0.5, 0.6) is 0 Å². The van der Waals surface area contributed by atoms with E-state index in [1.165, 1.54) is 28.2 Å². The summed E-state index contributed by atoms with van der Waals surface area (Å²) in [6.07, 6.45) is 2.36. The Labute approximate surface area is 126 Å². The minimum atomic E-state index is -0.342. The van der Waals surface area contributed by atoms with Gasteiger partial charge in [-0.3, -0.25) is 4.79 Å². The molecule has 2 aromatic heterocycles. The van der Waals surface area contributed by atoms with E-state index in [-0.39, 0.29) is 5.82 Å². The van der Waals surface area contributed by atoms with Crippen LogP contribution in [0.25, 0.3) is 16.3 Å². The van der Waals surface area contributed by atoms with Gasteiger partial charge in [-0.1, -0.05) is 6.07 Å². The standard InChI is InChI=1S/C14H8BrFN2OS/c15-13-5-4-12(20-13)14-9(8-19)7-18(17-14)11-3-1-2-10(16)6-11/h1-8H. The van der Waals surface area contributed by atoms with Crippen LogP contribution in [-0.2, 0) is 0 Å². The van der Waals surface area contributed by atoms with Crippen molar-refractivity contribution in [2.45, 2.75) is 0 Å². The highest BCUT2D eigenvalue weighted by Gasteiger charge is 2.13. The number of carbonyl (C=O) groups is 1. The first-order valence-corrected chi connectivity index (χ1v) is 7.35.